The predicted molar refractivity (Wildman–Crippen MR) is 50.1 cm³/mol. The lowest BCUT2D eigenvalue weighted by atomic mass is 10.0. The zero-order valence-corrected chi connectivity index (χ0v) is 7.97. The third kappa shape index (κ3) is 2.78. The number of hydrogen-bond donors (Lipinski definition) is 0. The summed E-state index contributed by atoms with van der Waals surface area (Å²) in [4.78, 5) is 13.2. The summed E-state index contributed by atoms with van der Waals surface area (Å²) >= 11 is 0. The maximum absolute atomic E-state index is 10.8. The average molecular weight is 167 g/mol. The van der Waals surface area contributed by atoms with Gasteiger partial charge in [-0.1, -0.05) is 18.6 Å². The van der Waals surface area contributed by atoms with Gasteiger partial charge in [0.25, 0.3) is 0 Å². The predicted octanol–water partition coefficient (Wildman–Crippen LogP) is 1.62. The molecule has 0 radical (unpaired) electrons. The number of hydrogen-bond acceptors (Lipinski definition) is 2. The van der Waals surface area contributed by atoms with E-state index in [1.807, 2.05) is 0 Å². The third-order valence-electron chi connectivity index (χ3n) is 2.31. The molecule has 0 amide bonds. The molecule has 0 atom stereocenters. The van der Waals surface area contributed by atoms with Crippen LogP contribution >= 0.6 is 0 Å². The van der Waals surface area contributed by atoms with E-state index in [1.165, 1.54) is 5.57 Å². The van der Waals surface area contributed by atoms with Crippen LogP contribution in [0.4, 0.5) is 0 Å². The van der Waals surface area contributed by atoms with Crippen molar-refractivity contribution in [3.05, 3.63) is 11.6 Å². The summed E-state index contributed by atoms with van der Waals surface area (Å²) in [5.74, 6) is 0.284. The Morgan fingerprint density at radius 3 is 2.83 bits per heavy atom. The molecule has 0 aromatic carbocycles. The molecule has 0 saturated heterocycles. The number of Topliss-reactive ketones (excluding diaryl/α,β-unsaturated/α-hetero) is 1. The van der Waals surface area contributed by atoms with Gasteiger partial charge in [0.05, 0.1) is 0 Å². The first-order valence-electron chi connectivity index (χ1n) is 4.62. The van der Waals surface area contributed by atoms with Crippen molar-refractivity contribution in [3.63, 3.8) is 0 Å². The Kier molecular flexibility index (Phi) is 3.48. The van der Waals surface area contributed by atoms with Gasteiger partial charge in [-0.15, -0.1) is 0 Å². The summed E-state index contributed by atoms with van der Waals surface area (Å²) in [7, 11) is 0. The maximum Gasteiger partial charge on any atom is 0.133 e. The third-order valence-corrected chi connectivity index (χ3v) is 2.31. The van der Waals surface area contributed by atoms with Gasteiger partial charge in [-0.2, -0.15) is 0 Å². The van der Waals surface area contributed by atoms with Gasteiger partial charge in [0.2, 0.25) is 0 Å². The van der Waals surface area contributed by atoms with Crippen LogP contribution in [0, 0.1) is 0 Å². The SMILES string of the molecule is CCN1CC=C(CC(C)=O)CC1. The fourth-order valence-corrected chi connectivity index (χ4v) is 1.52. The summed E-state index contributed by atoms with van der Waals surface area (Å²) in [5.41, 5.74) is 1.33. The second kappa shape index (κ2) is 4.41. The minimum Gasteiger partial charge on any atom is -0.300 e. The molecule has 2 nitrogen and oxygen atoms in total. The van der Waals surface area contributed by atoms with Crippen LogP contribution in [0.1, 0.15) is 26.7 Å². The molecule has 68 valence electrons. The van der Waals surface area contributed by atoms with Crippen molar-refractivity contribution in [2.24, 2.45) is 0 Å². The van der Waals surface area contributed by atoms with Crippen molar-refractivity contribution in [2.75, 3.05) is 19.6 Å². The van der Waals surface area contributed by atoms with Crippen molar-refractivity contribution >= 4 is 5.78 Å². The van der Waals surface area contributed by atoms with E-state index < -0.39 is 0 Å². The monoisotopic (exact) mass is 167 g/mol. The molecule has 1 aliphatic rings. The lowest BCUT2D eigenvalue weighted by Crippen LogP contribution is -2.28. The van der Waals surface area contributed by atoms with Crippen molar-refractivity contribution < 1.29 is 4.79 Å². The summed E-state index contributed by atoms with van der Waals surface area (Å²) in [6.45, 7) is 7.09. The van der Waals surface area contributed by atoms with Gasteiger partial charge in [-0.05, 0) is 19.9 Å². The number of carbonyl (C=O) groups excluding carboxylic acids is 1. The maximum atomic E-state index is 10.8. The summed E-state index contributed by atoms with van der Waals surface area (Å²) < 4.78 is 0. The molecule has 0 aromatic heterocycles. The van der Waals surface area contributed by atoms with Crippen LogP contribution in [0.15, 0.2) is 11.6 Å². The molecule has 1 aliphatic heterocycles. The molecule has 1 heterocycles. The van der Waals surface area contributed by atoms with E-state index in [0.29, 0.717) is 6.42 Å². The Morgan fingerprint density at radius 2 is 2.42 bits per heavy atom. The second-order valence-electron chi connectivity index (χ2n) is 3.38. The molecule has 0 spiro atoms. The first-order valence-corrected chi connectivity index (χ1v) is 4.62. The number of rotatable bonds is 3. The van der Waals surface area contributed by atoms with E-state index in [9.17, 15) is 4.79 Å². The minimum atomic E-state index is 0.284. The average Bonchev–Trinajstić information content (AvgIpc) is 2.05. The van der Waals surface area contributed by atoms with Gasteiger partial charge in [-0.25, -0.2) is 0 Å². The summed E-state index contributed by atoms with van der Waals surface area (Å²) in [5, 5.41) is 0. The highest BCUT2D eigenvalue weighted by Crippen LogP contribution is 2.13. The van der Waals surface area contributed by atoms with E-state index in [2.05, 4.69) is 17.9 Å². The largest absolute Gasteiger partial charge is 0.300 e. The standard InChI is InChI=1S/C10H17NO/c1-3-11-6-4-10(5-7-11)8-9(2)12/h4H,3,5-8H2,1-2H3. The van der Waals surface area contributed by atoms with E-state index in [-0.39, 0.29) is 5.78 Å². The molecule has 0 fully saturated rings. The molecule has 0 N–H and O–H groups in total. The fourth-order valence-electron chi connectivity index (χ4n) is 1.52. The Morgan fingerprint density at radius 1 is 1.67 bits per heavy atom. The van der Waals surface area contributed by atoms with Gasteiger partial charge in [0, 0.05) is 19.5 Å². The lowest BCUT2D eigenvalue weighted by Gasteiger charge is -2.24. The molecule has 1 rings (SSSR count). The van der Waals surface area contributed by atoms with Crippen LogP contribution in [0.5, 0.6) is 0 Å². The molecule has 0 aromatic rings. The Hall–Kier alpha value is -0.630. The van der Waals surface area contributed by atoms with Crippen LogP contribution in [0.3, 0.4) is 0 Å². The molecule has 0 bridgehead atoms. The molecular formula is C10H17NO. The van der Waals surface area contributed by atoms with Crippen molar-refractivity contribution in [2.45, 2.75) is 26.7 Å². The molecule has 0 aliphatic carbocycles. The highest BCUT2D eigenvalue weighted by molar-refractivity contribution is 5.78. The Labute approximate surface area is 74.2 Å². The number of carbonyl (C=O) groups is 1. The fraction of sp³-hybridized carbons (Fsp3) is 0.700. The van der Waals surface area contributed by atoms with Gasteiger partial charge in [0.1, 0.15) is 5.78 Å². The van der Waals surface area contributed by atoms with E-state index >= 15 is 0 Å². The number of likely N-dealkylation sites (N-methyl/N-ethyl adjacent to an activating group) is 1. The zero-order valence-electron chi connectivity index (χ0n) is 7.97. The van der Waals surface area contributed by atoms with Crippen LogP contribution in [0.25, 0.3) is 0 Å². The highest BCUT2D eigenvalue weighted by atomic mass is 16.1. The normalized spacial score (nSPS) is 19.0. The van der Waals surface area contributed by atoms with Gasteiger partial charge >= 0.3 is 0 Å². The lowest BCUT2D eigenvalue weighted by molar-refractivity contribution is -0.116. The van der Waals surface area contributed by atoms with Crippen LogP contribution in [-0.4, -0.2) is 30.3 Å². The smallest absolute Gasteiger partial charge is 0.133 e. The minimum absolute atomic E-state index is 0.284. The molecular weight excluding hydrogens is 150 g/mol. The summed E-state index contributed by atoms with van der Waals surface area (Å²) in [6.07, 6.45) is 3.94. The van der Waals surface area contributed by atoms with E-state index in [0.717, 1.165) is 26.1 Å². The highest BCUT2D eigenvalue weighted by Gasteiger charge is 2.10. The molecule has 2 heteroatoms. The Balaban J connectivity index is 2.39. The first kappa shape index (κ1) is 9.46. The molecule has 0 saturated carbocycles. The van der Waals surface area contributed by atoms with Gasteiger partial charge in [0.15, 0.2) is 0 Å². The van der Waals surface area contributed by atoms with E-state index in [1.54, 1.807) is 6.92 Å². The molecule has 12 heavy (non-hydrogen) atoms. The van der Waals surface area contributed by atoms with Crippen LogP contribution in [0.2, 0.25) is 0 Å². The van der Waals surface area contributed by atoms with Crippen molar-refractivity contribution in [3.8, 4) is 0 Å². The van der Waals surface area contributed by atoms with Crippen molar-refractivity contribution in [1.29, 1.82) is 0 Å². The van der Waals surface area contributed by atoms with E-state index in [4.69, 9.17) is 0 Å². The number of nitrogens with zero attached hydrogens (tertiary/aromatic N) is 1. The Bertz CT molecular complexity index is 196. The van der Waals surface area contributed by atoms with Gasteiger partial charge < -0.3 is 0 Å². The van der Waals surface area contributed by atoms with Crippen molar-refractivity contribution in [1.82, 2.24) is 4.90 Å². The first-order chi connectivity index (χ1) is 5.72. The second-order valence-corrected chi connectivity index (χ2v) is 3.38. The molecule has 0 unspecified atom stereocenters. The van der Waals surface area contributed by atoms with Gasteiger partial charge in [-0.3, -0.25) is 9.69 Å². The zero-order chi connectivity index (χ0) is 8.97. The topological polar surface area (TPSA) is 20.3 Å². The quantitative estimate of drug-likeness (QED) is 0.595. The van der Waals surface area contributed by atoms with Crippen LogP contribution < -0.4 is 0 Å². The summed E-state index contributed by atoms with van der Waals surface area (Å²) in [6, 6.07) is 0. The van der Waals surface area contributed by atoms with Crippen LogP contribution in [-0.2, 0) is 4.79 Å². The number of ketones is 1.